The fourth-order valence-corrected chi connectivity index (χ4v) is 1.67. The molecular formula is C9H15N3. The highest BCUT2D eigenvalue weighted by atomic mass is 15.3. The van der Waals surface area contributed by atoms with Crippen LogP contribution in [0.4, 0.5) is 0 Å². The van der Waals surface area contributed by atoms with E-state index in [0.717, 1.165) is 12.5 Å². The van der Waals surface area contributed by atoms with Crippen molar-refractivity contribution in [3.63, 3.8) is 0 Å². The highest BCUT2D eigenvalue weighted by Gasteiger charge is 2.29. The fraction of sp³-hybridized carbons (Fsp3) is 0.667. The molecule has 0 unspecified atom stereocenters. The Morgan fingerprint density at radius 3 is 2.92 bits per heavy atom. The molecule has 1 aromatic rings. The molecule has 0 bridgehead atoms. The molecule has 1 aliphatic rings. The molecule has 0 atom stereocenters. The monoisotopic (exact) mass is 165 g/mol. The molecule has 2 rings (SSSR count). The molecule has 2 N–H and O–H groups in total. The third-order valence-electron chi connectivity index (χ3n) is 2.44. The Kier molecular flexibility index (Phi) is 1.89. The number of hydrogen-bond acceptors (Lipinski definition) is 2. The molecule has 3 nitrogen and oxygen atoms in total. The topological polar surface area (TPSA) is 43.8 Å². The summed E-state index contributed by atoms with van der Waals surface area (Å²) in [7, 11) is 0. The van der Waals surface area contributed by atoms with Gasteiger partial charge in [-0.3, -0.25) is 4.68 Å². The van der Waals surface area contributed by atoms with Gasteiger partial charge in [-0.15, -0.1) is 0 Å². The van der Waals surface area contributed by atoms with Gasteiger partial charge in [-0.2, -0.15) is 5.10 Å². The van der Waals surface area contributed by atoms with Gasteiger partial charge in [0.15, 0.2) is 0 Å². The van der Waals surface area contributed by atoms with Crippen LogP contribution in [0.3, 0.4) is 0 Å². The molecule has 0 amide bonds. The first-order valence-electron chi connectivity index (χ1n) is 4.61. The lowest BCUT2D eigenvalue weighted by atomic mass is 10.2. The van der Waals surface area contributed by atoms with Gasteiger partial charge in [0.05, 0.1) is 6.20 Å². The van der Waals surface area contributed by atoms with Crippen LogP contribution in [0.25, 0.3) is 0 Å². The highest BCUT2D eigenvalue weighted by Crippen LogP contribution is 2.41. The van der Waals surface area contributed by atoms with Crippen LogP contribution in [0, 0.1) is 0 Å². The lowest BCUT2D eigenvalue weighted by Gasteiger charge is -2.04. The van der Waals surface area contributed by atoms with Crippen molar-refractivity contribution in [1.29, 1.82) is 0 Å². The smallest absolute Gasteiger partial charge is 0.0537 e. The summed E-state index contributed by atoms with van der Waals surface area (Å²) in [6, 6.07) is 0. The molecular weight excluding hydrogens is 150 g/mol. The first-order chi connectivity index (χ1) is 5.86. The van der Waals surface area contributed by atoms with E-state index in [9.17, 15) is 0 Å². The SMILES string of the molecule is CCn1ncc(CN)c1C1CC1. The van der Waals surface area contributed by atoms with Crippen molar-refractivity contribution in [3.8, 4) is 0 Å². The van der Waals surface area contributed by atoms with Crippen LogP contribution in [0.2, 0.25) is 0 Å². The average molecular weight is 165 g/mol. The van der Waals surface area contributed by atoms with Crippen molar-refractivity contribution in [2.75, 3.05) is 0 Å². The van der Waals surface area contributed by atoms with Crippen molar-refractivity contribution in [2.24, 2.45) is 5.73 Å². The lowest BCUT2D eigenvalue weighted by molar-refractivity contribution is 0.621. The Labute approximate surface area is 72.6 Å². The Balaban J connectivity index is 2.36. The van der Waals surface area contributed by atoms with Crippen LogP contribution in [0.15, 0.2) is 6.20 Å². The molecule has 12 heavy (non-hydrogen) atoms. The Bertz CT molecular complexity index is 252. The predicted molar refractivity (Wildman–Crippen MR) is 47.8 cm³/mol. The largest absolute Gasteiger partial charge is 0.326 e. The third kappa shape index (κ3) is 1.14. The second kappa shape index (κ2) is 2.90. The summed E-state index contributed by atoms with van der Waals surface area (Å²) in [6.07, 6.45) is 4.55. The predicted octanol–water partition coefficient (Wildman–Crippen LogP) is 1.24. The summed E-state index contributed by atoms with van der Waals surface area (Å²) in [5.74, 6) is 0.756. The molecule has 1 aliphatic carbocycles. The molecule has 0 spiro atoms. The summed E-state index contributed by atoms with van der Waals surface area (Å²) >= 11 is 0. The van der Waals surface area contributed by atoms with Gasteiger partial charge >= 0.3 is 0 Å². The number of aryl methyl sites for hydroxylation is 1. The molecule has 0 aliphatic heterocycles. The van der Waals surface area contributed by atoms with Crippen LogP contribution in [0.1, 0.15) is 36.9 Å². The van der Waals surface area contributed by atoms with E-state index < -0.39 is 0 Å². The van der Waals surface area contributed by atoms with Crippen molar-refractivity contribution < 1.29 is 0 Å². The average Bonchev–Trinajstić information content (AvgIpc) is 2.85. The first-order valence-corrected chi connectivity index (χ1v) is 4.61. The zero-order chi connectivity index (χ0) is 8.55. The maximum atomic E-state index is 5.63. The van der Waals surface area contributed by atoms with Crippen molar-refractivity contribution >= 4 is 0 Å². The molecule has 0 radical (unpaired) electrons. The highest BCUT2D eigenvalue weighted by molar-refractivity contribution is 5.25. The summed E-state index contributed by atoms with van der Waals surface area (Å²) < 4.78 is 2.08. The van der Waals surface area contributed by atoms with Gasteiger partial charge in [0.25, 0.3) is 0 Å². The van der Waals surface area contributed by atoms with E-state index in [1.54, 1.807) is 0 Å². The van der Waals surface area contributed by atoms with Gasteiger partial charge in [0.1, 0.15) is 0 Å². The van der Waals surface area contributed by atoms with Gasteiger partial charge in [0.2, 0.25) is 0 Å². The quantitative estimate of drug-likeness (QED) is 0.732. The van der Waals surface area contributed by atoms with Crippen LogP contribution in [-0.2, 0) is 13.1 Å². The Hall–Kier alpha value is -0.830. The minimum Gasteiger partial charge on any atom is -0.326 e. The fourth-order valence-electron chi connectivity index (χ4n) is 1.67. The van der Waals surface area contributed by atoms with Gasteiger partial charge in [-0.05, 0) is 19.8 Å². The molecule has 3 heteroatoms. The standard InChI is InChI=1S/C9H15N3/c1-2-12-9(7-3-4-7)8(5-10)6-11-12/h6-7H,2-5,10H2,1H3. The van der Waals surface area contributed by atoms with E-state index in [0.29, 0.717) is 6.54 Å². The van der Waals surface area contributed by atoms with Crippen molar-refractivity contribution in [2.45, 2.75) is 38.8 Å². The zero-order valence-electron chi connectivity index (χ0n) is 7.45. The van der Waals surface area contributed by atoms with E-state index >= 15 is 0 Å². The van der Waals surface area contributed by atoms with Crippen LogP contribution in [0.5, 0.6) is 0 Å². The number of nitrogens with two attached hydrogens (primary N) is 1. The maximum absolute atomic E-state index is 5.63. The molecule has 1 saturated carbocycles. The third-order valence-corrected chi connectivity index (χ3v) is 2.44. The molecule has 0 saturated heterocycles. The minimum atomic E-state index is 0.631. The molecule has 0 aromatic carbocycles. The lowest BCUT2D eigenvalue weighted by Crippen LogP contribution is -2.05. The Morgan fingerprint density at radius 1 is 1.67 bits per heavy atom. The summed E-state index contributed by atoms with van der Waals surface area (Å²) in [5, 5.41) is 4.30. The number of rotatable bonds is 3. The van der Waals surface area contributed by atoms with Gasteiger partial charge < -0.3 is 5.73 Å². The molecule has 1 aromatic heterocycles. The van der Waals surface area contributed by atoms with E-state index in [4.69, 9.17) is 5.73 Å². The molecule has 1 heterocycles. The first kappa shape index (κ1) is 7.80. The van der Waals surface area contributed by atoms with E-state index in [2.05, 4.69) is 16.7 Å². The summed E-state index contributed by atoms with van der Waals surface area (Å²) in [6.45, 7) is 3.72. The Morgan fingerprint density at radius 2 is 2.42 bits per heavy atom. The van der Waals surface area contributed by atoms with E-state index in [1.165, 1.54) is 24.1 Å². The van der Waals surface area contributed by atoms with Crippen LogP contribution >= 0.6 is 0 Å². The number of aromatic nitrogens is 2. The normalized spacial score (nSPS) is 16.8. The zero-order valence-corrected chi connectivity index (χ0v) is 7.45. The maximum Gasteiger partial charge on any atom is 0.0537 e. The second-order valence-corrected chi connectivity index (χ2v) is 3.35. The van der Waals surface area contributed by atoms with Crippen molar-refractivity contribution in [3.05, 3.63) is 17.5 Å². The molecule has 66 valence electrons. The second-order valence-electron chi connectivity index (χ2n) is 3.35. The number of nitrogens with zero attached hydrogens (tertiary/aromatic N) is 2. The van der Waals surface area contributed by atoms with Gasteiger partial charge in [-0.1, -0.05) is 0 Å². The van der Waals surface area contributed by atoms with Crippen molar-refractivity contribution in [1.82, 2.24) is 9.78 Å². The summed E-state index contributed by atoms with van der Waals surface area (Å²) in [4.78, 5) is 0. The summed E-state index contributed by atoms with van der Waals surface area (Å²) in [5.41, 5.74) is 8.26. The van der Waals surface area contributed by atoms with Crippen LogP contribution in [-0.4, -0.2) is 9.78 Å². The molecule has 1 fully saturated rings. The van der Waals surface area contributed by atoms with E-state index in [-0.39, 0.29) is 0 Å². The van der Waals surface area contributed by atoms with Gasteiger partial charge in [0, 0.05) is 30.3 Å². The minimum absolute atomic E-state index is 0.631. The van der Waals surface area contributed by atoms with Crippen LogP contribution < -0.4 is 5.73 Å². The van der Waals surface area contributed by atoms with E-state index in [1.807, 2.05) is 6.20 Å². The van der Waals surface area contributed by atoms with Gasteiger partial charge in [-0.25, -0.2) is 0 Å². The number of hydrogen-bond donors (Lipinski definition) is 1.